The van der Waals surface area contributed by atoms with Crippen molar-refractivity contribution in [2.45, 2.75) is 119 Å². The van der Waals surface area contributed by atoms with Gasteiger partial charge in [0, 0.05) is 11.5 Å². The number of carboxylic acid groups (broad SMARTS) is 1. The lowest BCUT2D eigenvalue weighted by atomic mass is 9.41. The molecular formula is C37H53NO4. The molecule has 230 valence electrons. The minimum Gasteiger partial charge on any atom is -0.477 e. The molecule has 0 aromatic heterocycles. The Kier molecular flexibility index (Phi) is 6.88. The van der Waals surface area contributed by atoms with E-state index >= 15 is 0 Å². The van der Waals surface area contributed by atoms with Crippen molar-refractivity contribution in [2.24, 2.45) is 56.7 Å². The number of rotatable bonds is 8. The van der Waals surface area contributed by atoms with E-state index < -0.39 is 10.9 Å². The minimum atomic E-state index is -1.19. The number of nitro benzene ring substituents is 1. The number of benzene rings is 1. The van der Waals surface area contributed by atoms with Crippen LogP contribution in [-0.4, -0.2) is 16.0 Å². The molecule has 2 spiro atoms. The molecule has 0 amide bonds. The molecule has 42 heavy (non-hydrogen) atoms. The average Bonchev–Trinajstić information content (AvgIpc) is 3.50. The zero-order chi connectivity index (χ0) is 30.5. The largest absolute Gasteiger partial charge is 0.477 e. The summed E-state index contributed by atoms with van der Waals surface area (Å²) >= 11 is 0. The van der Waals surface area contributed by atoms with E-state index in [4.69, 9.17) is 0 Å². The Labute approximate surface area is 253 Å². The van der Waals surface area contributed by atoms with Gasteiger partial charge < -0.3 is 5.11 Å². The van der Waals surface area contributed by atoms with Crippen LogP contribution in [0, 0.1) is 66.8 Å². The summed E-state index contributed by atoms with van der Waals surface area (Å²) in [6.45, 7) is 17.3. The summed E-state index contributed by atoms with van der Waals surface area (Å²) in [5.74, 6) is 2.20. The summed E-state index contributed by atoms with van der Waals surface area (Å²) in [7, 11) is 0. The predicted molar refractivity (Wildman–Crippen MR) is 168 cm³/mol. The van der Waals surface area contributed by atoms with Gasteiger partial charge in [0.2, 0.25) is 0 Å². The van der Waals surface area contributed by atoms with Crippen molar-refractivity contribution in [3.8, 4) is 0 Å². The van der Waals surface area contributed by atoms with Gasteiger partial charge in [0.15, 0.2) is 0 Å². The smallest absolute Gasteiger partial charge is 0.343 e. The van der Waals surface area contributed by atoms with Crippen LogP contribution < -0.4 is 0 Å². The highest BCUT2D eigenvalue weighted by atomic mass is 16.6. The maximum atomic E-state index is 12.6. The summed E-state index contributed by atoms with van der Waals surface area (Å²) in [6.07, 6.45) is 15.8. The molecule has 4 fully saturated rings. The maximum Gasteiger partial charge on any atom is 0.343 e. The van der Waals surface area contributed by atoms with E-state index in [0.717, 1.165) is 36.2 Å². The molecule has 0 aliphatic heterocycles. The molecule has 8 atom stereocenters. The van der Waals surface area contributed by atoms with Crippen LogP contribution in [0.5, 0.6) is 0 Å². The highest BCUT2D eigenvalue weighted by molar-refractivity contribution is 5.99. The topological polar surface area (TPSA) is 80.4 Å². The zero-order valence-electron chi connectivity index (χ0n) is 27.1. The van der Waals surface area contributed by atoms with Gasteiger partial charge in [-0.1, -0.05) is 85.9 Å². The van der Waals surface area contributed by atoms with Crippen molar-refractivity contribution in [3.63, 3.8) is 0 Å². The summed E-state index contributed by atoms with van der Waals surface area (Å²) in [5.41, 5.74) is 2.17. The van der Waals surface area contributed by atoms with Crippen LogP contribution in [0.4, 0.5) is 5.69 Å². The number of hydrogen-bond donors (Lipinski definition) is 1. The Bertz CT molecular complexity index is 1330. The first-order valence-corrected chi connectivity index (χ1v) is 16.9. The zero-order valence-corrected chi connectivity index (χ0v) is 27.1. The number of fused-ring (bicyclic) bond motifs is 2. The summed E-state index contributed by atoms with van der Waals surface area (Å²) in [4.78, 5) is 24.1. The lowest BCUT2D eigenvalue weighted by molar-refractivity contribution is -0.385. The van der Waals surface area contributed by atoms with Gasteiger partial charge in [-0.2, -0.15) is 0 Å². The van der Waals surface area contributed by atoms with E-state index in [-0.39, 0.29) is 32.9 Å². The van der Waals surface area contributed by atoms with Crippen LogP contribution in [0.2, 0.25) is 0 Å². The van der Waals surface area contributed by atoms with Crippen molar-refractivity contribution in [1.82, 2.24) is 0 Å². The molecule has 0 unspecified atom stereocenters. The molecular weight excluding hydrogens is 522 g/mol. The highest BCUT2D eigenvalue weighted by Crippen LogP contribution is 2.90. The maximum absolute atomic E-state index is 12.6. The summed E-state index contributed by atoms with van der Waals surface area (Å²) in [6, 6.07) is 4.92. The third-order valence-corrected chi connectivity index (χ3v) is 14.4. The van der Waals surface area contributed by atoms with Gasteiger partial charge in [0.25, 0.3) is 5.69 Å². The van der Waals surface area contributed by atoms with Gasteiger partial charge in [0.1, 0.15) is 5.56 Å². The predicted octanol–water partition coefficient (Wildman–Crippen LogP) is 10.2. The van der Waals surface area contributed by atoms with E-state index in [2.05, 4.69) is 54.5 Å². The van der Waals surface area contributed by atoms with Crippen LogP contribution in [0.15, 0.2) is 24.3 Å². The number of aromatic carboxylic acids is 1. The molecule has 5 aliphatic rings. The summed E-state index contributed by atoms with van der Waals surface area (Å²) in [5, 5.41) is 22.3. The van der Waals surface area contributed by atoms with Crippen molar-refractivity contribution in [2.75, 3.05) is 0 Å². The third-order valence-electron chi connectivity index (χ3n) is 14.4. The van der Waals surface area contributed by atoms with Crippen LogP contribution in [0.3, 0.4) is 0 Å². The Morgan fingerprint density at radius 3 is 2.38 bits per heavy atom. The van der Waals surface area contributed by atoms with Crippen LogP contribution in [-0.2, 0) is 0 Å². The standard InChI is InChI=1S/C37H53NO4/c1-23(2)10-8-11-24(3)26-17-19-35(7)30-15-14-29-33(4,5)18-16-27(37(29)22-36(30,37)21-20-34(26,35)6)25-12-9-13-28(38(41)42)31(25)32(39)40/h9,12-13,16,23-24,26,29-30H,8,10-11,14-15,17-22H2,1-7H3,(H,39,40)/t24-,26-,29+,30+,34-,35+,36+,37+/m1/s1. The van der Waals surface area contributed by atoms with E-state index in [1.54, 1.807) is 6.07 Å². The second-order valence-electron chi connectivity index (χ2n) is 16.8. The highest BCUT2D eigenvalue weighted by Gasteiger charge is 2.83. The molecule has 0 heterocycles. The van der Waals surface area contributed by atoms with Crippen LogP contribution in [0.25, 0.3) is 5.57 Å². The Balaban J connectivity index is 1.41. The van der Waals surface area contributed by atoms with Crippen molar-refractivity contribution >= 4 is 17.2 Å². The molecule has 1 aromatic carbocycles. The second kappa shape index (κ2) is 9.66. The lowest BCUT2D eigenvalue weighted by Crippen LogP contribution is -2.56. The molecule has 0 saturated heterocycles. The molecule has 0 radical (unpaired) electrons. The van der Waals surface area contributed by atoms with Gasteiger partial charge in [-0.15, -0.1) is 0 Å². The molecule has 5 heteroatoms. The molecule has 1 aromatic rings. The molecule has 0 bridgehead atoms. The monoisotopic (exact) mass is 575 g/mol. The Morgan fingerprint density at radius 1 is 1.00 bits per heavy atom. The molecule has 5 nitrogen and oxygen atoms in total. The first-order chi connectivity index (χ1) is 19.7. The fraction of sp³-hybridized carbons (Fsp3) is 0.757. The average molecular weight is 576 g/mol. The summed E-state index contributed by atoms with van der Waals surface area (Å²) < 4.78 is 0. The van der Waals surface area contributed by atoms with Gasteiger partial charge in [-0.25, -0.2) is 4.79 Å². The lowest BCUT2D eigenvalue weighted by Gasteiger charge is -2.63. The molecule has 6 rings (SSSR count). The normalized spacial score (nSPS) is 40.3. The fourth-order valence-electron chi connectivity index (χ4n) is 12.4. The third kappa shape index (κ3) is 3.82. The first kappa shape index (κ1) is 29.9. The number of nitrogens with zero attached hydrogens (tertiary/aromatic N) is 1. The fourth-order valence-corrected chi connectivity index (χ4v) is 12.4. The van der Waals surface area contributed by atoms with Crippen LogP contribution in [0.1, 0.15) is 135 Å². The minimum absolute atomic E-state index is 0.0810. The van der Waals surface area contributed by atoms with E-state index in [1.165, 1.54) is 63.9 Å². The molecule has 4 saturated carbocycles. The van der Waals surface area contributed by atoms with E-state index in [0.29, 0.717) is 22.8 Å². The second-order valence-corrected chi connectivity index (χ2v) is 16.8. The molecule has 5 aliphatic carbocycles. The number of carbonyl (C=O) groups is 1. The van der Waals surface area contributed by atoms with Crippen LogP contribution >= 0.6 is 0 Å². The van der Waals surface area contributed by atoms with E-state index in [9.17, 15) is 20.0 Å². The number of allylic oxidation sites excluding steroid dienone is 2. The van der Waals surface area contributed by atoms with E-state index in [1.807, 2.05) is 6.07 Å². The number of hydrogen-bond acceptors (Lipinski definition) is 3. The number of nitro groups is 1. The van der Waals surface area contributed by atoms with Crippen molar-refractivity contribution < 1.29 is 14.8 Å². The van der Waals surface area contributed by atoms with Gasteiger partial charge in [0.05, 0.1) is 4.92 Å². The van der Waals surface area contributed by atoms with Gasteiger partial charge in [-0.3, -0.25) is 10.1 Å². The first-order valence-electron chi connectivity index (χ1n) is 16.9. The van der Waals surface area contributed by atoms with Crippen molar-refractivity contribution in [3.05, 3.63) is 45.5 Å². The Hall–Kier alpha value is -2.17. The quantitative estimate of drug-likeness (QED) is 0.247. The van der Waals surface area contributed by atoms with Gasteiger partial charge >= 0.3 is 5.97 Å². The molecule has 1 N–H and O–H groups in total. The van der Waals surface area contributed by atoms with Gasteiger partial charge in [-0.05, 0) is 114 Å². The SMILES string of the molecule is CC(C)CCC[C@@H](C)[C@H]1CC[C@@]2(C)[C@@H]3CC[C@H]4C(C)(C)CC=C(c5cccc([N+](=O)[O-])c5C(=O)O)[C@@]45C[C@@]35CC[C@]12C. The Morgan fingerprint density at radius 2 is 1.71 bits per heavy atom. The van der Waals surface area contributed by atoms with Crippen molar-refractivity contribution in [1.29, 1.82) is 0 Å². The number of carboxylic acids is 1.